The molecule has 0 amide bonds. The summed E-state index contributed by atoms with van der Waals surface area (Å²) in [5, 5.41) is 13.2. The van der Waals surface area contributed by atoms with E-state index in [1.807, 2.05) is 0 Å². The molecule has 0 saturated carbocycles. The number of hydrogen-bond donors (Lipinski definition) is 2. The maximum absolute atomic E-state index is 9.65. The number of hydrogen-bond acceptors (Lipinski definition) is 4. The lowest BCUT2D eigenvalue weighted by Crippen LogP contribution is -2.34. The molecule has 4 nitrogen and oxygen atoms in total. The van der Waals surface area contributed by atoms with Gasteiger partial charge in [-0.25, -0.2) is 0 Å². The van der Waals surface area contributed by atoms with Crippen molar-refractivity contribution in [2.45, 2.75) is 45.3 Å². The van der Waals surface area contributed by atoms with E-state index in [9.17, 15) is 5.11 Å². The smallest absolute Gasteiger partial charge is 0.109 e. The van der Waals surface area contributed by atoms with E-state index in [0.29, 0.717) is 19.1 Å². The van der Waals surface area contributed by atoms with E-state index >= 15 is 0 Å². The van der Waals surface area contributed by atoms with Crippen molar-refractivity contribution >= 4 is 0 Å². The highest BCUT2D eigenvalue weighted by Gasteiger charge is 2.33. The molecule has 108 valence electrons. The van der Waals surface area contributed by atoms with E-state index in [2.05, 4.69) is 25.2 Å². The molecule has 0 fully saturated rings. The fourth-order valence-corrected chi connectivity index (χ4v) is 2.86. The second-order valence-corrected chi connectivity index (χ2v) is 6.25. The van der Waals surface area contributed by atoms with Crippen LogP contribution in [0.4, 0.5) is 0 Å². The van der Waals surface area contributed by atoms with Crippen molar-refractivity contribution in [3.63, 3.8) is 0 Å². The maximum atomic E-state index is 9.65. The molecule has 1 aliphatic rings. The van der Waals surface area contributed by atoms with Gasteiger partial charge in [-0.3, -0.25) is 0 Å². The predicted octanol–water partition coefficient (Wildman–Crippen LogP) is 2.28. The van der Waals surface area contributed by atoms with Crippen molar-refractivity contribution in [1.29, 1.82) is 0 Å². The molecule has 1 heterocycles. The molecule has 19 heavy (non-hydrogen) atoms. The lowest BCUT2D eigenvalue weighted by Gasteiger charge is -2.35. The van der Waals surface area contributed by atoms with Gasteiger partial charge in [-0.2, -0.15) is 0 Å². The molecule has 0 radical (unpaired) electrons. The minimum Gasteiger partial charge on any atom is -0.469 e. The van der Waals surface area contributed by atoms with Crippen LogP contribution in [-0.2, 0) is 11.2 Å². The van der Waals surface area contributed by atoms with Crippen LogP contribution in [0.3, 0.4) is 0 Å². The average molecular weight is 267 g/mol. The molecule has 0 aromatic carbocycles. The zero-order valence-corrected chi connectivity index (χ0v) is 12.1. The Balaban J connectivity index is 1.90. The first-order valence-electron chi connectivity index (χ1n) is 6.98. The quantitative estimate of drug-likeness (QED) is 0.830. The predicted molar refractivity (Wildman–Crippen MR) is 74.1 cm³/mol. The van der Waals surface area contributed by atoms with Gasteiger partial charge in [0.15, 0.2) is 0 Å². The van der Waals surface area contributed by atoms with Crippen LogP contribution < -0.4 is 5.32 Å². The molecule has 1 aromatic heterocycles. The zero-order chi connectivity index (χ0) is 13.9. The van der Waals surface area contributed by atoms with E-state index in [1.54, 1.807) is 13.4 Å². The van der Waals surface area contributed by atoms with Crippen molar-refractivity contribution in [3.05, 3.63) is 23.7 Å². The van der Waals surface area contributed by atoms with Crippen LogP contribution in [0.1, 0.15) is 44.1 Å². The molecule has 1 aromatic rings. The zero-order valence-electron chi connectivity index (χ0n) is 12.1. The summed E-state index contributed by atoms with van der Waals surface area (Å²) in [5.74, 6) is 1.10. The molecule has 4 heteroatoms. The van der Waals surface area contributed by atoms with Gasteiger partial charge in [0, 0.05) is 25.1 Å². The first-order valence-corrected chi connectivity index (χ1v) is 6.98. The molecule has 1 aliphatic carbocycles. The largest absolute Gasteiger partial charge is 0.469 e. The van der Waals surface area contributed by atoms with Crippen molar-refractivity contribution in [2.75, 3.05) is 20.3 Å². The molecule has 2 unspecified atom stereocenters. The Hall–Kier alpha value is -0.840. The fourth-order valence-electron chi connectivity index (χ4n) is 2.86. The van der Waals surface area contributed by atoms with Crippen LogP contribution in [0.25, 0.3) is 0 Å². The van der Waals surface area contributed by atoms with E-state index in [0.717, 1.165) is 25.1 Å². The van der Waals surface area contributed by atoms with Crippen molar-refractivity contribution in [2.24, 2.45) is 5.41 Å². The Morgan fingerprint density at radius 2 is 2.37 bits per heavy atom. The molecule has 0 aliphatic heterocycles. The van der Waals surface area contributed by atoms with Crippen LogP contribution in [0.5, 0.6) is 0 Å². The molecular weight excluding hydrogens is 242 g/mol. The maximum Gasteiger partial charge on any atom is 0.109 e. The normalized spacial score (nSPS) is 23.1. The molecular formula is C15H25NO3. The first kappa shape index (κ1) is 14.6. The van der Waals surface area contributed by atoms with Gasteiger partial charge >= 0.3 is 0 Å². The van der Waals surface area contributed by atoms with E-state index in [-0.39, 0.29) is 5.41 Å². The van der Waals surface area contributed by atoms with Gasteiger partial charge in [0.25, 0.3) is 0 Å². The number of methoxy groups -OCH3 is 1. The Kier molecular flexibility index (Phi) is 4.66. The summed E-state index contributed by atoms with van der Waals surface area (Å²) >= 11 is 0. The molecule has 2 N–H and O–H groups in total. The standard InChI is InChI=1S/C15H25NO3/c1-15(2)8-13(12-5-7-19-14(12)9-15)16-6-4-11(17)10-18-3/h5,7,11,13,16-17H,4,6,8-10H2,1-3H3. The van der Waals surface area contributed by atoms with Gasteiger partial charge in [-0.1, -0.05) is 13.8 Å². The highest BCUT2D eigenvalue weighted by atomic mass is 16.5. The Labute approximate surface area is 115 Å². The summed E-state index contributed by atoms with van der Waals surface area (Å²) in [4.78, 5) is 0. The molecule has 2 atom stereocenters. The Morgan fingerprint density at radius 1 is 1.58 bits per heavy atom. The van der Waals surface area contributed by atoms with Crippen molar-refractivity contribution in [1.82, 2.24) is 5.32 Å². The molecule has 0 bridgehead atoms. The van der Waals surface area contributed by atoms with Crippen molar-refractivity contribution in [3.8, 4) is 0 Å². The average Bonchev–Trinajstić information content (AvgIpc) is 2.75. The van der Waals surface area contributed by atoms with Crippen LogP contribution in [-0.4, -0.2) is 31.5 Å². The highest BCUT2D eigenvalue weighted by Crippen LogP contribution is 2.41. The monoisotopic (exact) mass is 267 g/mol. The number of ether oxygens (including phenoxy) is 1. The number of fused-ring (bicyclic) bond motifs is 1. The minimum absolute atomic E-state index is 0.258. The lowest BCUT2D eigenvalue weighted by atomic mass is 9.75. The van der Waals surface area contributed by atoms with Crippen LogP contribution in [0.2, 0.25) is 0 Å². The van der Waals surface area contributed by atoms with Gasteiger partial charge < -0.3 is 19.6 Å². The molecule has 0 saturated heterocycles. The van der Waals surface area contributed by atoms with Crippen LogP contribution in [0.15, 0.2) is 16.7 Å². The third kappa shape index (κ3) is 3.81. The lowest BCUT2D eigenvalue weighted by molar-refractivity contribution is 0.0584. The van der Waals surface area contributed by atoms with Crippen LogP contribution in [0, 0.1) is 5.41 Å². The van der Waals surface area contributed by atoms with Gasteiger partial charge in [0.05, 0.1) is 19.0 Å². The summed E-state index contributed by atoms with van der Waals surface area (Å²) in [6.07, 6.45) is 4.19. The third-order valence-corrected chi connectivity index (χ3v) is 3.78. The molecule has 2 rings (SSSR count). The highest BCUT2D eigenvalue weighted by molar-refractivity contribution is 5.26. The summed E-state index contributed by atoms with van der Waals surface area (Å²) in [5.41, 5.74) is 1.54. The van der Waals surface area contributed by atoms with Gasteiger partial charge in [-0.05, 0) is 30.9 Å². The number of rotatable bonds is 6. The van der Waals surface area contributed by atoms with Gasteiger partial charge in [0.2, 0.25) is 0 Å². The van der Waals surface area contributed by atoms with E-state index in [1.165, 1.54) is 5.56 Å². The Bertz CT molecular complexity index is 400. The summed E-state index contributed by atoms with van der Waals surface area (Å²) in [6.45, 7) is 5.73. The van der Waals surface area contributed by atoms with Crippen LogP contribution >= 0.6 is 0 Å². The van der Waals surface area contributed by atoms with E-state index in [4.69, 9.17) is 9.15 Å². The first-order chi connectivity index (χ1) is 9.02. The van der Waals surface area contributed by atoms with Gasteiger partial charge in [0.1, 0.15) is 5.76 Å². The number of aliphatic hydroxyl groups is 1. The molecule has 0 spiro atoms. The topological polar surface area (TPSA) is 54.6 Å². The summed E-state index contributed by atoms with van der Waals surface area (Å²) in [6, 6.07) is 2.39. The third-order valence-electron chi connectivity index (χ3n) is 3.78. The SMILES string of the molecule is COCC(O)CCNC1CC(C)(C)Cc2occc21. The Morgan fingerprint density at radius 3 is 3.11 bits per heavy atom. The second-order valence-electron chi connectivity index (χ2n) is 6.25. The van der Waals surface area contributed by atoms with Crippen molar-refractivity contribution < 1.29 is 14.3 Å². The fraction of sp³-hybridized carbons (Fsp3) is 0.733. The number of nitrogens with one attached hydrogen (secondary N) is 1. The summed E-state index contributed by atoms with van der Waals surface area (Å²) < 4.78 is 10.5. The second kappa shape index (κ2) is 6.07. The summed E-state index contributed by atoms with van der Waals surface area (Å²) in [7, 11) is 1.61. The number of furan rings is 1. The van der Waals surface area contributed by atoms with Gasteiger partial charge in [-0.15, -0.1) is 0 Å². The minimum atomic E-state index is -0.391. The van der Waals surface area contributed by atoms with E-state index < -0.39 is 6.10 Å². The number of aliphatic hydroxyl groups excluding tert-OH is 1.